The second kappa shape index (κ2) is 5.48. The second-order valence-corrected chi connectivity index (χ2v) is 2.17. The molecule has 1 rings (SSSR count). The van der Waals surface area contributed by atoms with Gasteiger partial charge in [-0.15, -0.1) is 0 Å². The van der Waals surface area contributed by atoms with Gasteiger partial charge >= 0.3 is 0 Å². The predicted molar refractivity (Wildman–Crippen MR) is 49.0 cm³/mol. The highest BCUT2D eigenvalue weighted by Crippen LogP contribution is 1.90. The lowest BCUT2D eigenvalue weighted by molar-refractivity contribution is 1.39. The Morgan fingerprint density at radius 3 is 2.55 bits per heavy atom. The topological polar surface area (TPSA) is 0 Å². The Kier molecular flexibility index (Phi) is 3.89. The van der Waals surface area contributed by atoms with E-state index in [9.17, 15) is 0 Å². The summed E-state index contributed by atoms with van der Waals surface area (Å²) in [5.74, 6) is 0. The molecule has 0 heterocycles. The summed E-state index contributed by atoms with van der Waals surface area (Å²) in [6, 6.07) is 0. The van der Waals surface area contributed by atoms with Crippen LogP contribution in [-0.2, 0) is 0 Å². The Morgan fingerprint density at radius 1 is 0.818 bits per heavy atom. The molecule has 0 bridgehead atoms. The van der Waals surface area contributed by atoms with Gasteiger partial charge in [0.1, 0.15) is 0 Å². The van der Waals surface area contributed by atoms with E-state index >= 15 is 0 Å². The van der Waals surface area contributed by atoms with Gasteiger partial charge in [0.15, 0.2) is 0 Å². The molecule has 0 aromatic rings. The molecular formula is C11H11. The number of hydrogen-bond donors (Lipinski definition) is 0. The van der Waals surface area contributed by atoms with E-state index in [1.54, 1.807) is 0 Å². The van der Waals surface area contributed by atoms with Crippen LogP contribution in [0.25, 0.3) is 0 Å². The summed E-state index contributed by atoms with van der Waals surface area (Å²) in [5, 5.41) is 0. The third kappa shape index (κ3) is 4.15. The summed E-state index contributed by atoms with van der Waals surface area (Å²) in [6.45, 7) is 0. The van der Waals surface area contributed by atoms with Gasteiger partial charge < -0.3 is 0 Å². The number of rotatable bonds is 0. The van der Waals surface area contributed by atoms with Gasteiger partial charge in [0, 0.05) is 0 Å². The predicted octanol–water partition coefficient (Wildman–Crippen LogP) is 2.97. The summed E-state index contributed by atoms with van der Waals surface area (Å²) < 4.78 is 0. The van der Waals surface area contributed by atoms with Crippen LogP contribution in [0.15, 0.2) is 54.7 Å². The molecule has 0 atom stereocenters. The quantitative estimate of drug-likeness (QED) is 0.489. The van der Waals surface area contributed by atoms with E-state index in [0.29, 0.717) is 0 Å². The van der Waals surface area contributed by atoms with Gasteiger partial charge in [-0.3, -0.25) is 0 Å². The van der Waals surface area contributed by atoms with E-state index < -0.39 is 0 Å². The maximum absolute atomic E-state index is 3.01. The zero-order chi connectivity index (χ0) is 7.78. The van der Waals surface area contributed by atoms with Crippen LogP contribution in [0.3, 0.4) is 0 Å². The van der Waals surface area contributed by atoms with Crippen LogP contribution in [0.4, 0.5) is 0 Å². The summed E-state index contributed by atoms with van der Waals surface area (Å²) in [5.41, 5.74) is 0. The molecule has 0 aromatic heterocycles. The largest absolute Gasteiger partial charge is 0.0807 e. The molecule has 0 fully saturated rings. The second-order valence-electron chi connectivity index (χ2n) is 2.17. The molecule has 1 aliphatic rings. The monoisotopic (exact) mass is 143 g/mol. The molecule has 0 heteroatoms. The van der Waals surface area contributed by atoms with Crippen molar-refractivity contribution < 1.29 is 0 Å². The van der Waals surface area contributed by atoms with Gasteiger partial charge in [0.2, 0.25) is 0 Å². The summed E-state index contributed by atoms with van der Waals surface area (Å²) in [6.07, 6.45) is 22.0. The van der Waals surface area contributed by atoms with Crippen LogP contribution in [-0.4, -0.2) is 0 Å². The van der Waals surface area contributed by atoms with Crippen LogP contribution in [0.1, 0.15) is 6.42 Å². The molecule has 11 heavy (non-hydrogen) atoms. The zero-order valence-electron chi connectivity index (χ0n) is 6.40. The van der Waals surface area contributed by atoms with Crippen molar-refractivity contribution in [2.45, 2.75) is 6.42 Å². The van der Waals surface area contributed by atoms with Crippen molar-refractivity contribution in [3.8, 4) is 0 Å². The first kappa shape index (κ1) is 7.80. The average Bonchev–Trinajstić information content (AvgIpc) is 2.08. The smallest absolute Gasteiger partial charge is 0.0163 e. The highest BCUT2D eigenvalue weighted by molar-refractivity contribution is 5.16. The normalized spacial score (nSPS) is 31.3. The van der Waals surface area contributed by atoms with E-state index in [2.05, 4.69) is 18.2 Å². The van der Waals surface area contributed by atoms with Crippen LogP contribution < -0.4 is 0 Å². The Labute approximate surface area is 67.9 Å². The minimum atomic E-state index is 0.995. The zero-order valence-corrected chi connectivity index (χ0v) is 6.40. The lowest BCUT2D eigenvalue weighted by atomic mass is 10.3. The van der Waals surface area contributed by atoms with Crippen molar-refractivity contribution in [2.75, 3.05) is 0 Å². The van der Waals surface area contributed by atoms with Gasteiger partial charge in [-0.05, 0) is 12.5 Å². The summed E-state index contributed by atoms with van der Waals surface area (Å²) in [4.78, 5) is 0. The maximum atomic E-state index is 3.01. The molecular weight excluding hydrogens is 132 g/mol. The van der Waals surface area contributed by atoms with Gasteiger partial charge in [-0.2, -0.15) is 0 Å². The van der Waals surface area contributed by atoms with Crippen molar-refractivity contribution in [3.63, 3.8) is 0 Å². The fourth-order valence-corrected chi connectivity index (χ4v) is 0.735. The van der Waals surface area contributed by atoms with Crippen LogP contribution in [0, 0.1) is 6.08 Å². The molecule has 0 saturated carbocycles. The van der Waals surface area contributed by atoms with E-state index in [-0.39, 0.29) is 0 Å². The molecule has 55 valence electrons. The minimum Gasteiger partial charge on any atom is -0.0807 e. The first-order valence-electron chi connectivity index (χ1n) is 3.73. The standard InChI is InChI=1S/C11H11/c1-2-4-6-8-10-11-9-7-5-3-1/h1-5,8-11H,6H2/b3-1-,4-2-,7-5?,10-8-,11-9-. The fourth-order valence-electron chi connectivity index (χ4n) is 0.735. The first-order chi connectivity index (χ1) is 5.50. The molecule has 0 amide bonds. The lowest BCUT2D eigenvalue weighted by Gasteiger charge is -1.76. The van der Waals surface area contributed by atoms with Crippen molar-refractivity contribution in [1.29, 1.82) is 0 Å². The first-order valence-corrected chi connectivity index (χ1v) is 3.73. The van der Waals surface area contributed by atoms with E-state index in [0.717, 1.165) is 6.42 Å². The van der Waals surface area contributed by atoms with Crippen molar-refractivity contribution in [3.05, 3.63) is 60.8 Å². The van der Waals surface area contributed by atoms with Gasteiger partial charge in [-0.25, -0.2) is 0 Å². The van der Waals surface area contributed by atoms with Gasteiger partial charge in [-0.1, -0.05) is 54.7 Å². The molecule has 0 saturated heterocycles. The Balaban J connectivity index is 2.61. The third-order valence-corrected chi connectivity index (χ3v) is 1.26. The van der Waals surface area contributed by atoms with E-state index in [4.69, 9.17) is 0 Å². The lowest BCUT2D eigenvalue weighted by Crippen LogP contribution is -1.55. The number of allylic oxidation sites excluding steroid dienone is 10. The molecule has 1 radical (unpaired) electrons. The molecule has 0 nitrogen and oxygen atoms in total. The molecule has 0 aromatic carbocycles. The Morgan fingerprint density at radius 2 is 1.64 bits per heavy atom. The highest BCUT2D eigenvalue weighted by Gasteiger charge is 1.70. The summed E-state index contributed by atoms with van der Waals surface area (Å²) in [7, 11) is 0. The molecule has 0 unspecified atom stereocenters. The molecule has 0 spiro atoms. The molecule has 1 aliphatic carbocycles. The average molecular weight is 143 g/mol. The van der Waals surface area contributed by atoms with Crippen LogP contribution >= 0.6 is 0 Å². The van der Waals surface area contributed by atoms with Gasteiger partial charge in [0.25, 0.3) is 0 Å². The van der Waals surface area contributed by atoms with Crippen LogP contribution in [0.2, 0.25) is 0 Å². The maximum Gasteiger partial charge on any atom is -0.0163 e. The Bertz CT molecular complexity index is 200. The van der Waals surface area contributed by atoms with Crippen molar-refractivity contribution >= 4 is 0 Å². The SMILES string of the molecule is [C]1=C\C=C/C=C\C/C=C\C=C/1. The Hall–Kier alpha value is -1.30. The summed E-state index contributed by atoms with van der Waals surface area (Å²) >= 11 is 0. The van der Waals surface area contributed by atoms with Gasteiger partial charge in [0.05, 0.1) is 0 Å². The molecule has 0 aliphatic heterocycles. The fraction of sp³-hybridized carbons (Fsp3) is 0.0909. The third-order valence-electron chi connectivity index (χ3n) is 1.26. The highest BCUT2D eigenvalue weighted by atomic mass is 13.8. The number of hydrogen-bond acceptors (Lipinski definition) is 0. The van der Waals surface area contributed by atoms with E-state index in [1.165, 1.54) is 0 Å². The van der Waals surface area contributed by atoms with E-state index in [1.807, 2.05) is 42.5 Å². The van der Waals surface area contributed by atoms with Crippen LogP contribution in [0.5, 0.6) is 0 Å². The minimum absolute atomic E-state index is 0.995. The van der Waals surface area contributed by atoms with Crippen molar-refractivity contribution in [1.82, 2.24) is 0 Å². The van der Waals surface area contributed by atoms with Crippen molar-refractivity contribution in [2.24, 2.45) is 0 Å². The molecule has 0 N–H and O–H groups in total.